The molecule has 0 bridgehead atoms. The maximum absolute atomic E-state index is 14.1. The topological polar surface area (TPSA) is 84.7 Å². The first-order valence-electron chi connectivity index (χ1n) is 12.7. The van der Waals surface area contributed by atoms with Crippen molar-refractivity contribution in [2.45, 2.75) is 39.0 Å². The zero-order valence-electron chi connectivity index (χ0n) is 21.3. The summed E-state index contributed by atoms with van der Waals surface area (Å²) < 4.78 is 38.5. The molecule has 7 nitrogen and oxygen atoms in total. The number of rotatable bonds is 8. The van der Waals surface area contributed by atoms with Crippen LogP contribution in [0.3, 0.4) is 0 Å². The van der Waals surface area contributed by atoms with Crippen molar-refractivity contribution >= 4 is 11.8 Å². The van der Waals surface area contributed by atoms with Gasteiger partial charge in [-0.2, -0.15) is 0 Å². The number of carbonyl (C=O) groups excluding carboxylic acids is 2. The van der Waals surface area contributed by atoms with Crippen molar-refractivity contribution in [3.05, 3.63) is 118 Å². The van der Waals surface area contributed by atoms with Crippen LogP contribution in [0.25, 0.3) is 0 Å². The van der Waals surface area contributed by atoms with Gasteiger partial charge in [0.1, 0.15) is 23.6 Å². The SMILES string of the molecule is CCC(=O)N1CCc2ccc(OCc3nc(C(=O)NCc4ccc(F)cc4)co3)cc2[C@H]1c1cccc(F)c1. The average molecular weight is 532 g/mol. The Kier molecular flexibility index (Phi) is 7.67. The van der Waals surface area contributed by atoms with Crippen LogP contribution in [0.15, 0.2) is 77.4 Å². The van der Waals surface area contributed by atoms with E-state index in [2.05, 4.69) is 10.3 Å². The molecule has 1 aliphatic heterocycles. The fraction of sp³-hybridized carbons (Fsp3) is 0.233. The van der Waals surface area contributed by atoms with Crippen LogP contribution in [0.4, 0.5) is 8.78 Å². The second-order valence-electron chi connectivity index (χ2n) is 9.23. The maximum Gasteiger partial charge on any atom is 0.273 e. The predicted molar refractivity (Wildman–Crippen MR) is 139 cm³/mol. The number of halogens is 2. The van der Waals surface area contributed by atoms with Crippen molar-refractivity contribution in [3.8, 4) is 5.75 Å². The lowest BCUT2D eigenvalue weighted by Crippen LogP contribution is -2.40. The summed E-state index contributed by atoms with van der Waals surface area (Å²) in [4.78, 5) is 31.2. The van der Waals surface area contributed by atoms with Crippen molar-refractivity contribution in [2.24, 2.45) is 0 Å². The molecule has 39 heavy (non-hydrogen) atoms. The Morgan fingerprint density at radius 3 is 2.67 bits per heavy atom. The van der Waals surface area contributed by atoms with Gasteiger partial charge >= 0.3 is 0 Å². The van der Waals surface area contributed by atoms with Gasteiger partial charge in [-0.15, -0.1) is 0 Å². The summed E-state index contributed by atoms with van der Waals surface area (Å²) in [6, 6.07) is 17.3. The normalized spacial score (nSPS) is 14.5. The smallest absolute Gasteiger partial charge is 0.273 e. The minimum absolute atomic E-state index is 0.00810. The highest BCUT2D eigenvalue weighted by atomic mass is 19.1. The predicted octanol–water partition coefficient (Wildman–Crippen LogP) is 5.35. The van der Waals surface area contributed by atoms with E-state index in [0.29, 0.717) is 30.7 Å². The molecule has 1 atom stereocenters. The lowest BCUT2D eigenvalue weighted by molar-refractivity contribution is -0.132. The van der Waals surface area contributed by atoms with Crippen molar-refractivity contribution in [1.29, 1.82) is 0 Å². The molecule has 0 spiro atoms. The van der Waals surface area contributed by atoms with Crippen molar-refractivity contribution < 1.29 is 27.5 Å². The minimum Gasteiger partial charge on any atom is -0.484 e. The molecule has 1 aromatic heterocycles. The van der Waals surface area contributed by atoms with Crippen molar-refractivity contribution in [1.82, 2.24) is 15.2 Å². The molecule has 5 rings (SSSR count). The molecule has 0 radical (unpaired) electrons. The van der Waals surface area contributed by atoms with Gasteiger partial charge in [0.05, 0.1) is 6.04 Å². The molecule has 0 saturated carbocycles. The van der Waals surface area contributed by atoms with E-state index in [1.165, 1.54) is 30.5 Å². The van der Waals surface area contributed by atoms with Crippen molar-refractivity contribution in [3.63, 3.8) is 0 Å². The fourth-order valence-electron chi connectivity index (χ4n) is 4.69. The number of nitrogens with zero attached hydrogens (tertiary/aromatic N) is 2. The quantitative estimate of drug-likeness (QED) is 0.332. The summed E-state index contributed by atoms with van der Waals surface area (Å²) in [5.74, 6) is -0.405. The number of aromatic nitrogens is 1. The van der Waals surface area contributed by atoms with E-state index < -0.39 is 11.9 Å². The Bertz CT molecular complexity index is 1490. The summed E-state index contributed by atoms with van der Waals surface area (Å²) >= 11 is 0. The Balaban J connectivity index is 1.29. The van der Waals surface area contributed by atoms with Gasteiger partial charge in [-0.25, -0.2) is 13.8 Å². The molecular weight excluding hydrogens is 504 g/mol. The summed E-state index contributed by atoms with van der Waals surface area (Å²) in [5.41, 5.74) is 3.48. The minimum atomic E-state index is -0.432. The third kappa shape index (κ3) is 5.98. The van der Waals surface area contributed by atoms with Gasteiger partial charge in [0.25, 0.3) is 5.91 Å². The van der Waals surface area contributed by atoms with Gasteiger partial charge in [0, 0.05) is 19.5 Å². The van der Waals surface area contributed by atoms with Crippen molar-refractivity contribution in [2.75, 3.05) is 6.54 Å². The summed E-state index contributed by atoms with van der Waals surface area (Å²) in [5, 5.41) is 2.71. The Labute approximate surface area is 224 Å². The summed E-state index contributed by atoms with van der Waals surface area (Å²) in [6.07, 6.45) is 2.28. The molecule has 2 heterocycles. The lowest BCUT2D eigenvalue weighted by Gasteiger charge is -2.38. The Morgan fingerprint density at radius 2 is 1.90 bits per heavy atom. The number of hydrogen-bond acceptors (Lipinski definition) is 5. The van der Waals surface area contributed by atoms with Gasteiger partial charge < -0.3 is 19.4 Å². The molecule has 0 fully saturated rings. The van der Waals surface area contributed by atoms with Gasteiger partial charge in [-0.3, -0.25) is 9.59 Å². The largest absolute Gasteiger partial charge is 0.484 e. The molecule has 200 valence electrons. The van der Waals surface area contributed by atoms with Crippen LogP contribution in [0.1, 0.15) is 58.0 Å². The van der Waals surface area contributed by atoms with Gasteiger partial charge in [-0.1, -0.05) is 37.3 Å². The number of nitrogens with one attached hydrogen (secondary N) is 1. The number of fused-ring (bicyclic) bond motifs is 1. The van der Waals surface area contributed by atoms with Crippen LogP contribution in [-0.2, 0) is 24.4 Å². The Morgan fingerprint density at radius 1 is 1.08 bits per heavy atom. The lowest BCUT2D eigenvalue weighted by atomic mass is 9.87. The number of hydrogen-bond donors (Lipinski definition) is 1. The zero-order valence-corrected chi connectivity index (χ0v) is 21.3. The van der Waals surface area contributed by atoms with Crippen LogP contribution in [0.5, 0.6) is 5.75 Å². The average Bonchev–Trinajstić information content (AvgIpc) is 3.43. The van der Waals surface area contributed by atoms with E-state index >= 15 is 0 Å². The summed E-state index contributed by atoms with van der Waals surface area (Å²) in [7, 11) is 0. The third-order valence-electron chi connectivity index (χ3n) is 6.65. The van der Waals surface area contributed by atoms with E-state index in [-0.39, 0.29) is 42.3 Å². The Hall–Kier alpha value is -4.53. The van der Waals surface area contributed by atoms with E-state index in [1.54, 1.807) is 23.1 Å². The molecule has 3 aromatic carbocycles. The molecule has 1 aliphatic rings. The van der Waals surface area contributed by atoms with Crippen LogP contribution in [-0.4, -0.2) is 28.2 Å². The van der Waals surface area contributed by atoms with Gasteiger partial charge in [0.2, 0.25) is 11.8 Å². The first-order chi connectivity index (χ1) is 18.9. The van der Waals surface area contributed by atoms with Crippen LogP contribution < -0.4 is 10.1 Å². The zero-order chi connectivity index (χ0) is 27.4. The second-order valence-corrected chi connectivity index (χ2v) is 9.23. The fourth-order valence-corrected chi connectivity index (χ4v) is 4.69. The molecular formula is C30H27F2N3O4. The van der Waals surface area contributed by atoms with Crippen LogP contribution in [0.2, 0.25) is 0 Å². The van der Waals surface area contributed by atoms with Gasteiger partial charge in [-0.05, 0) is 65.1 Å². The number of amides is 2. The monoisotopic (exact) mass is 531 g/mol. The second kappa shape index (κ2) is 11.5. The first kappa shape index (κ1) is 26.1. The highest BCUT2D eigenvalue weighted by Crippen LogP contribution is 2.37. The third-order valence-corrected chi connectivity index (χ3v) is 6.65. The highest BCUT2D eigenvalue weighted by molar-refractivity contribution is 5.91. The van der Waals surface area contributed by atoms with E-state index in [0.717, 1.165) is 16.7 Å². The number of carbonyl (C=O) groups is 2. The van der Waals surface area contributed by atoms with E-state index in [9.17, 15) is 18.4 Å². The molecule has 1 N–H and O–H groups in total. The molecule has 4 aromatic rings. The van der Waals surface area contributed by atoms with E-state index in [4.69, 9.17) is 9.15 Å². The number of oxazole rings is 1. The van der Waals surface area contributed by atoms with Crippen LogP contribution in [0, 0.1) is 11.6 Å². The van der Waals surface area contributed by atoms with Gasteiger partial charge in [0.15, 0.2) is 12.3 Å². The number of ether oxygens (including phenoxy) is 1. The standard InChI is InChI=1S/C30H27F2N3O4/c1-2-28(36)35-13-12-20-8-11-24(15-25(20)29(35)21-4-3-5-23(32)14-21)38-18-27-34-26(17-39-27)30(37)33-16-19-6-9-22(31)10-7-19/h3-11,14-15,17,29H,2,12-13,16,18H2,1H3,(H,33,37)/t29-/m1/s1. The molecule has 2 amide bonds. The first-order valence-corrected chi connectivity index (χ1v) is 12.7. The summed E-state index contributed by atoms with van der Waals surface area (Å²) in [6.45, 7) is 2.56. The molecule has 0 unspecified atom stereocenters. The molecule has 9 heteroatoms. The van der Waals surface area contributed by atoms with E-state index in [1.807, 2.05) is 31.2 Å². The number of benzene rings is 3. The molecule has 0 saturated heterocycles. The maximum atomic E-state index is 14.1. The highest BCUT2D eigenvalue weighted by Gasteiger charge is 2.32. The molecule has 0 aliphatic carbocycles. The van der Waals surface area contributed by atoms with Crippen LogP contribution >= 0.6 is 0 Å².